The van der Waals surface area contributed by atoms with E-state index in [9.17, 15) is 0 Å². The summed E-state index contributed by atoms with van der Waals surface area (Å²) in [5.74, 6) is 0. The fourth-order valence-electron chi connectivity index (χ4n) is 1.93. The Morgan fingerprint density at radius 2 is 2.21 bits per heavy atom. The van der Waals surface area contributed by atoms with Crippen LogP contribution >= 0.6 is 12.2 Å². The summed E-state index contributed by atoms with van der Waals surface area (Å²) in [6.07, 6.45) is 2.51. The van der Waals surface area contributed by atoms with Gasteiger partial charge in [-0.3, -0.25) is 5.43 Å². The van der Waals surface area contributed by atoms with E-state index < -0.39 is 0 Å². The number of nitrogens with one attached hydrogen (secondary N) is 2. The summed E-state index contributed by atoms with van der Waals surface area (Å²) in [6, 6.07) is 10.00. The lowest BCUT2D eigenvalue weighted by atomic mass is 10.1. The van der Waals surface area contributed by atoms with Gasteiger partial charge in [-0.05, 0) is 37.5 Å². The van der Waals surface area contributed by atoms with E-state index in [0.717, 1.165) is 37.3 Å². The van der Waals surface area contributed by atoms with E-state index >= 15 is 0 Å². The normalized spacial score (nSPS) is 19.2. The van der Waals surface area contributed by atoms with Gasteiger partial charge in [-0.1, -0.05) is 30.3 Å². The van der Waals surface area contributed by atoms with Crippen molar-refractivity contribution >= 4 is 23.0 Å². The highest BCUT2D eigenvalue weighted by Gasteiger charge is 2.14. The first-order chi connectivity index (χ1) is 9.25. The Hall–Kier alpha value is -1.46. The molecule has 5 heteroatoms. The van der Waals surface area contributed by atoms with Crippen LogP contribution in [0.3, 0.4) is 0 Å². The maximum Gasteiger partial charge on any atom is 0.187 e. The Labute approximate surface area is 119 Å². The van der Waals surface area contributed by atoms with Gasteiger partial charge in [0, 0.05) is 13.2 Å². The number of hydrazone groups is 1. The largest absolute Gasteiger partial charge is 0.376 e. The highest BCUT2D eigenvalue weighted by molar-refractivity contribution is 7.80. The number of benzene rings is 1. The van der Waals surface area contributed by atoms with E-state index in [1.807, 2.05) is 37.3 Å². The molecule has 1 atom stereocenters. The average Bonchev–Trinajstić information content (AvgIpc) is 2.96. The van der Waals surface area contributed by atoms with Crippen molar-refractivity contribution in [1.29, 1.82) is 0 Å². The van der Waals surface area contributed by atoms with E-state index in [4.69, 9.17) is 17.0 Å². The molecule has 1 aliphatic heterocycles. The van der Waals surface area contributed by atoms with Crippen LogP contribution in [0.2, 0.25) is 0 Å². The smallest absolute Gasteiger partial charge is 0.187 e. The number of ether oxygens (including phenoxy) is 1. The molecule has 102 valence electrons. The van der Waals surface area contributed by atoms with Gasteiger partial charge < -0.3 is 10.1 Å². The average molecular weight is 277 g/mol. The van der Waals surface area contributed by atoms with Crippen LogP contribution in [-0.4, -0.2) is 30.1 Å². The number of rotatable bonds is 4. The van der Waals surface area contributed by atoms with Crippen molar-refractivity contribution in [2.45, 2.75) is 25.9 Å². The van der Waals surface area contributed by atoms with E-state index in [1.54, 1.807) is 0 Å². The third-order valence-corrected chi connectivity index (χ3v) is 3.27. The molecule has 2 N–H and O–H groups in total. The Bertz CT molecular complexity index is 441. The van der Waals surface area contributed by atoms with Crippen molar-refractivity contribution in [1.82, 2.24) is 10.7 Å². The maximum atomic E-state index is 5.51. The molecule has 19 heavy (non-hydrogen) atoms. The molecule has 1 fully saturated rings. The van der Waals surface area contributed by atoms with Gasteiger partial charge >= 0.3 is 0 Å². The minimum Gasteiger partial charge on any atom is -0.376 e. The molecule has 0 saturated carbocycles. The van der Waals surface area contributed by atoms with Crippen LogP contribution in [-0.2, 0) is 4.74 Å². The lowest BCUT2D eigenvalue weighted by Crippen LogP contribution is -2.37. The molecule has 2 rings (SSSR count). The molecular formula is C14H19N3OS. The SMILES string of the molecule is CC(=NNC(=S)NCC1CCCO1)c1ccccc1. The minimum atomic E-state index is 0.277. The third-order valence-electron chi connectivity index (χ3n) is 3.03. The molecule has 1 heterocycles. The zero-order valence-corrected chi connectivity index (χ0v) is 11.9. The van der Waals surface area contributed by atoms with E-state index in [0.29, 0.717) is 5.11 Å². The van der Waals surface area contributed by atoms with Crippen molar-refractivity contribution in [2.75, 3.05) is 13.2 Å². The molecule has 1 aliphatic rings. The van der Waals surface area contributed by atoms with Gasteiger partial charge in [0.1, 0.15) is 0 Å². The second kappa shape index (κ2) is 7.21. The van der Waals surface area contributed by atoms with Crippen LogP contribution < -0.4 is 10.7 Å². The Balaban J connectivity index is 1.76. The number of hydrogen-bond donors (Lipinski definition) is 2. The number of hydrogen-bond acceptors (Lipinski definition) is 3. The summed E-state index contributed by atoms with van der Waals surface area (Å²) < 4.78 is 5.51. The highest BCUT2D eigenvalue weighted by Crippen LogP contribution is 2.10. The summed E-state index contributed by atoms with van der Waals surface area (Å²) in [5, 5.41) is 7.91. The van der Waals surface area contributed by atoms with Crippen LogP contribution in [0.25, 0.3) is 0 Å². The summed E-state index contributed by atoms with van der Waals surface area (Å²) in [4.78, 5) is 0. The first-order valence-corrected chi connectivity index (χ1v) is 6.91. The fourth-order valence-corrected chi connectivity index (χ4v) is 2.06. The second-order valence-electron chi connectivity index (χ2n) is 4.52. The van der Waals surface area contributed by atoms with E-state index in [-0.39, 0.29) is 6.10 Å². The second-order valence-corrected chi connectivity index (χ2v) is 4.93. The van der Waals surface area contributed by atoms with Crippen LogP contribution in [0.15, 0.2) is 35.4 Å². The predicted molar refractivity (Wildman–Crippen MR) is 81.4 cm³/mol. The van der Waals surface area contributed by atoms with E-state index in [2.05, 4.69) is 15.8 Å². The summed E-state index contributed by atoms with van der Waals surface area (Å²) in [5.41, 5.74) is 4.84. The summed E-state index contributed by atoms with van der Waals surface area (Å²) in [7, 11) is 0. The molecule has 0 aliphatic carbocycles. The highest BCUT2D eigenvalue weighted by atomic mass is 32.1. The van der Waals surface area contributed by atoms with Gasteiger partial charge in [0.15, 0.2) is 5.11 Å². The van der Waals surface area contributed by atoms with Crippen molar-refractivity contribution in [3.05, 3.63) is 35.9 Å². The molecular weight excluding hydrogens is 258 g/mol. The van der Waals surface area contributed by atoms with Gasteiger partial charge in [-0.2, -0.15) is 5.10 Å². The third kappa shape index (κ3) is 4.61. The van der Waals surface area contributed by atoms with Gasteiger partial charge in [0.05, 0.1) is 11.8 Å². The van der Waals surface area contributed by atoms with Crippen LogP contribution in [0.5, 0.6) is 0 Å². The van der Waals surface area contributed by atoms with Crippen molar-refractivity contribution < 1.29 is 4.74 Å². The zero-order chi connectivity index (χ0) is 13.5. The first-order valence-electron chi connectivity index (χ1n) is 6.51. The predicted octanol–water partition coefficient (Wildman–Crippen LogP) is 2.05. The molecule has 0 amide bonds. The molecule has 4 nitrogen and oxygen atoms in total. The summed E-state index contributed by atoms with van der Waals surface area (Å²) >= 11 is 5.17. The number of nitrogens with zero attached hydrogens (tertiary/aromatic N) is 1. The van der Waals surface area contributed by atoms with Gasteiger partial charge in [-0.25, -0.2) is 0 Å². The fraction of sp³-hybridized carbons (Fsp3) is 0.429. The van der Waals surface area contributed by atoms with Crippen LogP contribution in [0, 0.1) is 0 Å². The molecule has 0 radical (unpaired) electrons. The minimum absolute atomic E-state index is 0.277. The molecule has 1 saturated heterocycles. The standard InChI is InChI=1S/C14H19N3OS/c1-11(12-6-3-2-4-7-12)16-17-14(19)15-10-13-8-5-9-18-13/h2-4,6-7,13H,5,8-10H2,1H3,(H2,15,17,19). The Morgan fingerprint density at radius 3 is 2.89 bits per heavy atom. The molecule has 0 bridgehead atoms. The molecule has 1 unspecified atom stereocenters. The first kappa shape index (κ1) is 14.0. The quantitative estimate of drug-likeness (QED) is 0.502. The molecule has 0 spiro atoms. The Morgan fingerprint density at radius 1 is 1.42 bits per heavy atom. The summed E-state index contributed by atoms with van der Waals surface area (Å²) in [6.45, 7) is 3.55. The van der Waals surface area contributed by atoms with Gasteiger partial charge in [0.2, 0.25) is 0 Å². The maximum absolute atomic E-state index is 5.51. The molecule has 1 aromatic carbocycles. The lowest BCUT2D eigenvalue weighted by Gasteiger charge is -2.12. The van der Waals surface area contributed by atoms with Crippen LogP contribution in [0.1, 0.15) is 25.3 Å². The topological polar surface area (TPSA) is 45.7 Å². The van der Waals surface area contributed by atoms with Crippen molar-refractivity contribution in [3.63, 3.8) is 0 Å². The van der Waals surface area contributed by atoms with Crippen molar-refractivity contribution in [2.24, 2.45) is 5.10 Å². The van der Waals surface area contributed by atoms with Crippen molar-refractivity contribution in [3.8, 4) is 0 Å². The lowest BCUT2D eigenvalue weighted by molar-refractivity contribution is 0.114. The zero-order valence-electron chi connectivity index (χ0n) is 11.1. The van der Waals surface area contributed by atoms with Gasteiger partial charge in [-0.15, -0.1) is 0 Å². The molecule has 0 aromatic heterocycles. The van der Waals surface area contributed by atoms with E-state index in [1.165, 1.54) is 0 Å². The van der Waals surface area contributed by atoms with Gasteiger partial charge in [0.25, 0.3) is 0 Å². The monoisotopic (exact) mass is 277 g/mol. The number of thiocarbonyl (C=S) groups is 1. The molecule has 1 aromatic rings. The Kier molecular flexibility index (Phi) is 5.30. The van der Waals surface area contributed by atoms with Crippen LogP contribution in [0.4, 0.5) is 0 Å².